The normalized spacial score (nSPS) is 9.83. The average Bonchev–Trinajstić information content (AvgIpc) is 2.72. The molecule has 0 spiro atoms. The van der Waals surface area contributed by atoms with Gasteiger partial charge in [0.1, 0.15) is 0 Å². The summed E-state index contributed by atoms with van der Waals surface area (Å²) in [5, 5.41) is 11.2. The molecule has 0 aliphatic carbocycles. The average molecular weight is 396 g/mol. The highest BCUT2D eigenvalue weighted by Crippen LogP contribution is 2.28. The van der Waals surface area contributed by atoms with Crippen LogP contribution in [0.2, 0.25) is 0 Å². The first-order valence-electron chi connectivity index (χ1n) is 8.66. The minimum atomic E-state index is -0.734. The van der Waals surface area contributed by atoms with E-state index in [-0.39, 0.29) is 18.0 Å². The van der Waals surface area contributed by atoms with Crippen LogP contribution in [0.25, 0.3) is 0 Å². The summed E-state index contributed by atoms with van der Waals surface area (Å²) < 4.78 is 15.4. The summed E-state index contributed by atoms with van der Waals surface area (Å²) in [7, 11) is 1.42. The fourth-order valence-electron chi connectivity index (χ4n) is 2.32. The Morgan fingerprint density at radius 1 is 1.03 bits per heavy atom. The predicted octanol–water partition coefficient (Wildman–Crippen LogP) is 2.52. The third-order valence-corrected chi connectivity index (χ3v) is 3.80. The summed E-state index contributed by atoms with van der Waals surface area (Å²) in [4.78, 5) is 35.1. The number of nitrogens with zero attached hydrogens (tertiary/aromatic N) is 1. The summed E-state index contributed by atoms with van der Waals surface area (Å²) in [5.74, 6) is -0.781. The van der Waals surface area contributed by atoms with Gasteiger partial charge in [-0.2, -0.15) is 5.26 Å². The molecule has 1 amide bonds. The number of ketones is 1. The first-order chi connectivity index (χ1) is 13.9. The molecule has 0 unspecified atom stereocenters. The number of benzene rings is 2. The number of amides is 1. The van der Waals surface area contributed by atoms with Gasteiger partial charge in [-0.05, 0) is 42.8 Å². The van der Waals surface area contributed by atoms with Crippen molar-refractivity contribution in [2.24, 2.45) is 0 Å². The molecule has 8 nitrogen and oxygen atoms in total. The Hall–Kier alpha value is -3.86. The monoisotopic (exact) mass is 396 g/mol. The van der Waals surface area contributed by atoms with Crippen molar-refractivity contribution in [2.75, 3.05) is 25.6 Å². The van der Waals surface area contributed by atoms with Crippen LogP contribution in [0, 0.1) is 11.3 Å². The smallest absolute Gasteiger partial charge is 0.344 e. The molecule has 0 saturated carbocycles. The minimum Gasteiger partial charge on any atom is -0.493 e. The maximum atomic E-state index is 11.9. The van der Waals surface area contributed by atoms with Crippen molar-refractivity contribution in [2.45, 2.75) is 13.3 Å². The van der Waals surface area contributed by atoms with Gasteiger partial charge in [0.2, 0.25) is 0 Å². The molecule has 0 saturated heterocycles. The van der Waals surface area contributed by atoms with Gasteiger partial charge < -0.3 is 19.5 Å². The fourth-order valence-corrected chi connectivity index (χ4v) is 2.32. The van der Waals surface area contributed by atoms with Crippen LogP contribution in [0.4, 0.5) is 5.69 Å². The van der Waals surface area contributed by atoms with Crippen molar-refractivity contribution >= 4 is 23.3 Å². The highest BCUT2D eigenvalue weighted by Gasteiger charge is 2.12. The number of carbonyl (C=O) groups excluding carboxylic acids is 3. The Kier molecular flexibility index (Phi) is 7.74. The molecule has 1 N–H and O–H groups in total. The first-order valence-corrected chi connectivity index (χ1v) is 8.66. The molecular formula is C21H20N2O6. The number of methoxy groups -OCH3 is 1. The van der Waals surface area contributed by atoms with E-state index >= 15 is 0 Å². The largest absolute Gasteiger partial charge is 0.493 e. The number of esters is 1. The van der Waals surface area contributed by atoms with E-state index in [0.717, 1.165) is 5.56 Å². The molecule has 2 aromatic carbocycles. The Bertz CT molecular complexity index is 931. The molecule has 0 atom stereocenters. The van der Waals surface area contributed by atoms with Crippen molar-refractivity contribution in [3.63, 3.8) is 0 Å². The van der Waals surface area contributed by atoms with E-state index in [0.29, 0.717) is 17.0 Å². The van der Waals surface area contributed by atoms with Crippen LogP contribution in [0.15, 0.2) is 42.5 Å². The van der Waals surface area contributed by atoms with E-state index in [1.54, 1.807) is 30.3 Å². The molecule has 150 valence electrons. The minimum absolute atomic E-state index is 0.125. The summed E-state index contributed by atoms with van der Waals surface area (Å²) in [6.45, 7) is 0.535. The molecule has 8 heteroatoms. The lowest BCUT2D eigenvalue weighted by molar-refractivity contribution is -0.149. The zero-order chi connectivity index (χ0) is 21.2. The van der Waals surface area contributed by atoms with Crippen LogP contribution < -0.4 is 14.8 Å². The van der Waals surface area contributed by atoms with Crippen molar-refractivity contribution in [1.82, 2.24) is 0 Å². The molecule has 0 bridgehead atoms. The van der Waals surface area contributed by atoms with Crippen LogP contribution in [0.5, 0.6) is 11.5 Å². The number of rotatable bonds is 9. The zero-order valence-electron chi connectivity index (χ0n) is 16.1. The number of ether oxygens (including phenoxy) is 3. The van der Waals surface area contributed by atoms with Crippen LogP contribution >= 0.6 is 0 Å². The number of carbonyl (C=O) groups is 3. The standard InChI is InChI=1S/C21H20N2O6/c1-14(24)16-5-8-18(19(11-16)27-2)28-13-21(26)29-12-20(25)23-17-6-3-15(4-7-17)9-10-22/h3-8,11H,9,12-13H2,1-2H3,(H,23,25). The van der Waals surface area contributed by atoms with Gasteiger partial charge in [0, 0.05) is 11.3 Å². The molecule has 0 aliphatic rings. The lowest BCUT2D eigenvalue weighted by Gasteiger charge is -2.11. The second-order valence-corrected chi connectivity index (χ2v) is 5.95. The van der Waals surface area contributed by atoms with Crippen LogP contribution in [0.1, 0.15) is 22.8 Å². The quantitative estimate of drug-likeness (QED) is 0.511. The van der Waals surface area contributed by atoms with Gasteiger partial charge in [0.15, 0.2) is 30.5 Å². The Labute approximate surface area is 168 Å². The lowest BCUT2D eigenvalue weighted by atomic mass is 10.1. The number of Topliss-reactive ketones (excluding diaryl/α,β-unsaturated/α-hetero) is 1. The first kappa shape index (κ1) is 21.4. The molecule has 0 radical (unpaired) electrons. The second-order valence-electron chi connectivity index (χ2n) is 5.95. The van der Waals surface area contributed by atoms with E-state index in [4.69, 9.17) is 19.5 Å². The van der Waals surface area contributed by atoms with Gasteiger partial charge in [0.05, 0.1) is 19.6 Å². The number of nitriles is 1. The number of nitrogens with one attached hydrogen (secondary N) is 1. The Morgan fingerprint density at radius 2 is 1.76 bits per heavy atom. The van der Waals surface area contributed by atoms with Gasteiger partial charge in [-0.15, -0.1) is 0 Å². The van der Waals surface area contributed by atoms with E-state index < -0.39 is 25.1 Å². The second kappa shape index (κ2) is 10.5. The van der Waals surface area contributed by atoms with E-state index in [2.05, 4.69) is 5.32 Å². The van der Waals surface area contributed by atoms with Crippen molar-refractivity contribution in [1.29, 1.82) is 5.26 Å². The SMILES string of the molecule is COc1cc(C(C)=O)ccc1OCC(=O)OCC(=O)Nc1ccc(CC#N)cc1. The highest BCUT2D eigenvalue weighted by molar-refractivity contribution is 5.95. The molecule has 0 heterocycles. The Morgan fingerprint density at radius 3 is 2.38 bits per heavy atom. The number of hydrogen-bond acceptors (Lipinski definition) is 7. The molecular weight excluding hydrogens is 376 g/mol. The summed E-state index contributed by atoms with van der Waals surface area (Å²) in [5.41, 5.74) is 1.81. The summed E-state index contributed by atoms with van der Waals surface area (Å²) >= 11 is 0. The third-order valence-electron chi connectivity index (χ3n) is 3.80. The maximum absolute atomic E-state index is 11.9. The maximum Gasteiger partial charge on any atom is 0.344 e. The summed E-state index contributed by atoms with van der Waals surface area (Å²) in [6.07, 6.45) is 0.286. The topological polar surface area (TPSA) is 115 Å². The van der Waals surface area contributed by atoms with Gasteiger partial charge >= 0.3 is 5.97 Å². The van der Waals surface area contributed by atoms with Crippen LogP contribution in [0.3, 0.4) is 0 Å². The molecule has 2 aromatic rings. The third kappa shape index (κ3) is 6.66. The lowest BCUT2D eigenvalue weighted by Crippen LogP contribution is -2.23. The molecule has 0 aromatic heterocycles. The van der Waals surface area contributed by atoms with Crippen molar-refractivity contribution in [3.05, 3.63) is 53.6 Å². The molecule has 2 rings (SSSR count). The van der Waals surface area contributed by atoms with E-state index in [9.17, 15) is 14.4 Å². The Balaban J connectivity index is 1.80. The zero-order valence-corrected chi connectivity index (χ0v) is 16.1. The van der Waals surface area contributed by atoms with Gasteiger partial charge in [-0.3, -0.25) is 9.59 Å². The van der Waals surface area contributed by atoms with E-state index in [1.165, 1.54) is 26.2 Å². The van der Waals surface area contributed by atoms with E-state index in [1.807, 2.05) is 6.07 Å². The van der Waals surface area contributed by atoms with Crippen LogP contribution in [-0.4, -0.2) is 38.0 Å². The van der Waals surface area contributed by atoms with Crippen molar-refractivity contribution in [3.8, 4) is 17.6 Å². The number of hydrogen-bond donors (Lipinski definition) is 1. The number of anilines is 1. The van der Waals surface area contributed by atoms with Gasteiger partial charge in [0.25, 0.3) is 5.91 Å². The highest BCUT2D eigenvalue weighted by atomic mass is 16.6. The van der Waals surface area contributed by atoms with Gasteiger partial charge in [-0.1, -0.05) is 12.1 Å². The fraction of sp³-hybridized carbons (Fsp3) is 0.238. The molecule has 29 heavy (non-hydrogen) atoms. The summed E-state index contributed by atoms with van der Waals surface area (Å²) in [6, 6.07) is 13.4. The van der Waals surface area contributed by atoms with Gasteiger partial charge in [-0.25, -0.2) is 4.79 Å². The molecule has 0 fully saturated rings. The van der Waals surface area contributed by atoms with Crippen molar-refractivity contribution < 1.29 is 28.6 Å². The van der Waals surface area contributed by atoms with Crippen LogP contribution in [-0.2, 0) is 20.7 Å². The molecule has 0 aliphatic heterocycles. The predicted molar refractivity (Wildman–Crippen MR) is 104 cm³/mol.